The summed E-state index contributed by atoms with van der Waals surface area (Å²) in [6.45, 7) is 0. The molecule has 0 aliphatic carbocycles. The third kappa shape index (κ3) is 2.99. The number of hydrogen-bond donors (Lipinski definition) is 0. The van der Waals surface area contributed by atoms with Gasteiger partial charge in [0.05, 0.1) is 17.7 Å². The number of rotatable bonds is 5. The predicted molar refractivity (Wildman–Crippen MR) is 84.6 cm³/mol. The van der Waals surface area contributed by atoms with Crippen LogP contribution in [0.25, 0.3) is 0 Å². The van der Waals surface area contributed by atoms with E-state index in [1.54, 1.807) is 48.5 Å². The van der Waals surface area contributed by atoms with Crippen molar-refractivity contribution in [1.29, 1.82) is 0 Å². The van der Waals surface area contributed by atoms with Crippen molar-refractivity contribution >= 4 is 27.3 Å². The van der Waals surface area contributed by atoms with Crippen molar-refractivity contribution in [3.63, 3.8) is 0 Å². The van der Waals surface area contributed by atoms with Gasteiger partial charge in [-0.1, -0.05) is 30.3 Å². The summed E-state index contributed by atoms with van der Waals surface area (Å²) in [5.74, 6) is 0.627. The van der Waals surface area contributed by atoms with Crippen molar-refractivity contribution in [3.8, 4) is 5.75 Å². The molecule has 0 atom stereocenters. The molecule has 0 spiro atoms. The molecule has 2 aromatic rings. The largest absolute Gasteiger partial charge is 0.495 e. The van der Waals surface area contributed by atoms with E-state index in [4.69, 9.17) is 16.3 Å². The zero-order valence-corrected chi connectivity index (χ0v) is 13.4. The normalized spacial score (nSPS) is 11.2. The molecule has 0 aromatic heterocycles. The van der Waals surface area contributed by atoms with E-state index >= 15 is 0 Å². The molecule has 0 N–H and O–H groups in total. The minimum absolute atomic E-state index is 0.134. The standard InChI is InChI=1S/C15H16ClNO3S/c1-17(13-8-4-5-9-14(13)20-2)21(18,19)15-10-6-3-7-12(15)11-16/h3-10H,11H2,1-2H3. The molecule has 0 amide bonds. The number of nitrogens with zero attached hydrogens (tertiary/aromatic N) is 1. The first-order valence-corrected chi connectivity index (χ1v) is 8.25. The Bertz CT molecular complexity index is 731. The van der Waals surface area contributed by atoms with E-state index in [1.807, 2.05) is 0 Å². The van der Waals surface area contributed by atoms with Crippen LogP contribution < -0.4 is 9.04 Å². The van der Waals surface area contributed by atoms with Gasteiger partial charge < -0.3 is 4.74 Å². The van der Waals surface area contributed by atoms with Crippen LogP contribution >= 0.6 is 11.6 Å². The molecule has 0 saturated carbocycles. The van der Waals surface area contributed by atoms with Gasteiger partial charge in [-0.25, -0.2) is 8.42 Å². The molecular weight excluding hydrogens is 310 g/mol. The number of alkyl halides is 1. The predicted octanol–water partition coefficient (Wildman–Crippen LogP) is 3.26. The molecule has 0 bridgehead atoms. The highest BCUT2D eigenvalue weighted by atomic mass is 35.5. The SMILES string of the molecule is COc1ccccc1N(C)S(=O)(=O)c1ccccc1CCl. The molecule has 4 nitrogen and oxygen atoms in total. The van der Waals surface area contributed by atoms with Gasteiger partial charge in [-0.2, -0.15) is 0 Å². The van der Waals surface area contributed by atoms with E-state index in [1.165, 1.54) is 18.5 Å². The average molecular weight is 326 g/mol. The van der Waals surface area contributed by atoms with Crippen LogP contribution in [0.3, 0.4) is 0 Å². The fraction of sp³-hybridized carbons (Fsp3) is 0.200. The van der Waals surface area contributed by atoms with Crippen LogP contribution in [0.4, 0.5) is 5.69 Å². The molecule has 2 aromatic carbocycles. The number of sulfonamides is 1. The van der Waals surface area contributed by atoms with Gasteiger partial charge in [0.15, 0.2) is 0 Å². The van der Waals surface area contributed by atoms with Gasteiger partial charge in [-0.3, -0.25) is 4.31 Å². The summed E-state index contributed by atoms with van der Waals surface area (Å²) in [6, 6.07) is 13.7. The monoisotopic (exact) mass is 325 g/mol. The lowest BCUT2D eigenvalue weighted by atomic mass is 10.2. The highest BCUT2D eigenvalue weighted by Gasteiger charge is 2.25. The zero-order valence-electron chi connectivity index (χ0n) is 11.8. The first kappa shape index (κ1) is 15.7. The second kappa shape index (κ2) is 6.37. The Hall–Kier alpha value is -1.72. The van der Waals surface area contributed by atoms with Gasteiger partial charge in [0, 0.05) is 12.9 Å². The Morgan fingerprint density at radius 3 is 2.38 bits per heavy atom. The number of para-hydroxylation sites is 2. The highest BCUT2D eigenvalue weighted by molar-refractivity contribution is 7.92. The third-order valence-electron chi connectivity index (χ3n) is 3.18. The summed E-state index contributed by atoms with van der Waals surface area (Å²) in [4.78, 5) is 0.202. The van der Waals surface area contributed by atoms with Gasteiger partial charge in [0.1, 0.15) is 5.75 Å². The number of halogens is 1. The molecule has 21 heavy (non-hydrogen) atoms. The zero-order chi connectivity index (χ0) is 15.5. The van der Waals surface area contributed by atoms with E-state index in [2.05, 4.69) is 0 Å². The summed E-state index contributed by atoms with van der Waals surface area (Å²) >= 11 is 5.84. The van der Waals surface area contributed by atoms with Crippen molar-refractivity contribution in [2.45, 2.75) is 10.8 Å². The van der Waals surface area contributed by atoms with Crippen molar-refractivity contribution in [2.24, 2.45) is 0 Å². The average Bonchev–Trinajstić information content (AvgIpc) is 2.53. The summed E-state index contributed by atoms with van der Waals surface area (Å²) in [5, 5.41) is 0. The lowest BCUT2D eigenvalue weighted by molar-refractivity contribution is 0.416. The van der Waals surface area contributed by atoms with E-state index in [-0.39, 0.29) is 10.8 Å². The number of hydrogen-bond acceptors (Lipinski definition) is 3. The molecule has 0 unspecified atom stereocenters. The van der Waals surface area contributed by atoms with Gasteiger partial charge >= 0.3 is 0 Å². The van der Waals surface area contributed by atoms with E-state index in [0.29, 0.717) is 17.0 Å². The van der Waals surface area contributed by atoms with Crippen LogP contribution in [0.2, 0.25) is 0 Å². The molecule has 0 fully saturated rings. The molecular formula is C15H16ClNO3S. The van der Waals surface area contributed by atoms with Crippen LogP contribution in [0.1, 0.15) is 5.56 Å². The van der Waals surface area contributed by atoms with Crippen molar-refractivity contribution in [3.05, 3.63) is 54.1 Å². The van der Waals surface area contributed by atoms with Crippen LogP contribution in [0.15, 0.2) is 53.4 Å². The molecule has 0 aliphatic heterocycles. The lowest BCUT2D eigenvalue weighted by Crippen LogP contribution is -2.27. The first-order valence-electron chi connectivity index (χ1n) is 6.28. The number of anilines is 1. The fourth-order valence-electron chi connectivity index (χ4n) is 2.03. The summed E-state index contributed by atoms with van der Waals surface area (Å²) < 4.78 is 32.0. The van der Waals surface area contributed by atoms with Crippen molar-refractivity contribution < 1.29 is 13.2 Å². The minimum Gasteiger partial charge on any atom is -0.495 e. The van der Waals surface area contributed by atoms with E-state index in [9.17, 15) is 8.42 Å². The molecule has 0 aliphatic rings. The van der Waals surface area contributed by atoms with Crippen LogP contribution in [-0.4, -0.2) is 22.6 Å². The third-order valence-corrected chi connectivity index (χ3v) is 5.34. The van der Waals surface area contributed by atoms with E-state index < -0.39 is 10.0 Å². The Kier molecular flexibility index (Phi) is 4.75. The molecule has 0 heterocycles. The Labute approximate surface area is 130 Å². The topological polar surface area (TPSA) is 46.6 Å². The van der Waals surface area contributed by atoms with Crippen LogP contribution in [0.5, 0.6) is 5.75 Å². The summed E-state index contributed by atoms with van der Waals surface area (Å²) in [5.41, 5.74) is 1.05. The Balaban J connectivity index is 2.53. The quantitative estimate of drug-likeness (QED) is 0.793. The lowest BCUT2D eigenvalue weighted by Gasteiger charge is -2.22. The number of methoxy groups -OCH3 is 1. The second-order valence-corrected chi connectivity index (χ2v) is 6.59. The molecule has 112 valence electrons. The van der Waals surface area contributed by atoms with Crippen molar-refractivity contribution in [2.75, 3.05) is 18.5 Å². The molecule has 2 rings (SSSR count). The number of ether oxygens (including phenoxy) is 1. The molecule has 6 heteroatoms. The van der Waals surface area contributed by atoms with Gasteiger partial charge in [-0.05, 0) is 23.8 Å². The Morgan fingerprint density at radius 1 is 1.10 bits per heavy atom. The molecule has 0 saturated heterocycles. The summed E-state index contributed by atoms with van der Waals surface area (Å²) in [6.07, 6.45) is 0. The number of benzene rings is 2. The van der Waals surface area contributed by atoms with E-state index in [0.717, 1.165) is 0 Å². The van der Waals surface area contributed by atoms with Gasteiger partial charge in [0.2, 0.25) is 0 Å². The van der Waals surface area contributed by atoms with Gasteiger partial charge in [-0.15, -0.1) is 11.6 Å². The van der Waals surface area contributed by atoms with Gasteiger partial charge in [0.25, 0.3) is 10.0 Å². The fourth-order valence-corrected chi connectivity index (χ4v) is 3.77. The first-order chi connectivity index (χ1) is 10.0. The van der Waals surface area contributed by atoms with Crippen LogP contribution in [0, 0.1) is 0 Å². The maximum atomic E-state index is 12.8. The maximum Gasteiger partial charge on any atom is 0.264 e. The van der Waals surface area contributed by atoms with Crippen LogP contribution in [-0.2, 0) is 15.9 Å². The highest BCUT2D eigenvalue weighted by Crippen LogP contribution is 2.31. The van der Waals surface area contributed by atoms with Crippen molar-refractivity contribution in [1.82, 2.24) is 0 Å². The Morgan fingerprint density at radius 2 is 1.71 bits per heavy atom. The maximum absolute atomic E-state index is 12.8. The second-order valence-electron chi connectivity index (χ2n) is 4.39. The molecule has 0 radical (unpaired) electrons. The minimum atomic E-state index is -3.70. The summed E-state index contributed by atoms with van der Waals surface area (Å²) in [7, 11) is -0.694. The smallest absolute Gasteiger partial charge is 0.264 e.